The molecule has 24 heavy (non-hydrogen) atoms. The maximum Gasteiger partial charge on any atom is 0.289 e. The molecule has 2 rings (SSSR count). The molecule has 7 heteroatoms. The van der Waals surface area contributed by atoms with Crippen LogP contribution >= 0.6 is 23.2 Å². The highest BCUT2D eigenvalue weighted by atomic mass is 35.5. The highest BCUT2D eigenvalue weighted by Crippen LogP contribution is 2.34. The van der Waals surface area contributed by atoms with Gasteiger partial charge in [0.25, 0.3) is 11.6 Å². The van der Waals surface area contributed by atoms with E-state index in [1.54, 1.807) is 12.1 Å². The van der Waals surface area contributed by atoms with Crippen molar-refractivity contribution in [1.82, 2.24) is 0 Å². The molecule has 0 spiro atoms. The molecule has 0 aliphatic heterocycles. The van der Waals surface area contributed by atoms with Crippen molar-refractivity contribution in [1.29, 1.82) is 0 Å². The smallest absolute Gasteiger partial charge is 0.289 e. The van der Waals surface area contributed by atoms with Crippen LogP contribution in [-0.4, -0.2) is 10.8 Å². The molecule has 126 valence electrons. The van der Waals surface area contributed by atoms with E-state index in [2.05, 4.69) is 26.1 Å². The zero-order valence-electron chi connectivity index (χ0n) is 13.4. The van der Waals surface area contributed by atoms with Gasteiger partial charge < -0.3 is 5.32 Å². The van der Waals surface area contributed by atoms with E-state index in [0.29, 0.717) is 5.56 Å². The molecular formula is C17H16Cl2N2O3. The molecule has 2 aromatic carbocycles. The summed E-state index contributed by atoms with van der Waals surface area (Å²) < 4.78 is 0. The predicted molar refractivity (Wildman–Crippen MR) is 96.2 cm³/mol. The topological polar surface area (TPSA) is 72.2 Å². The first-order valence-electron chi connectivity index (χ1n) is 7.15. The number of nitro benzene ring substituents is 1. The van der Waals surface area contributed by atoms with Crippen LogP contribution in [0.3, 0.4) is 0 Å². The number of nitrogens with one attached hydrogen (secondary N) is 1. The largest absolute Gasteiger partial charge is 0.321 e. The lowest BCUT2D eigenvalue weighted by molar-refractivity contribution is -0.384. The number of amides is 1. The fourth-order valence-electron chi connectivity index (χ4n) is 2.09. The zero-order chi connectivity index (χ0) is 18.1. The van der Waals surface area contributed by atoms with Crippen molar-refractivity contribution in [2.75, 3.05) is 5.32 Å². The van der Waals surface area contributed by atoms with Crippen LogP contribution in [0, 0.1) is 10.1 Å². The third-order valence-electron chi connectivity index (χ3n) is 3.49. The minimum atomic E-state index is -0.634. The van der Waals surface area contributed by atoms with Gasteiger partial charge in [-0.3, -0.25) is 14.9 Å². The van der Waals surface area contributed by atoms with Crippen LogP contribution in [0.15, 0.2) is 36.4 Å². The molecule has 2 aromatic rings. The molecule has 5 nitrogen and oxygen atoms in total. The van der Waals surface area contributed by atoms with Crippen molar-refractivity contribution in [3.05, 3.63) is 67.7 Å². The van der Waals surface area contributed by atoms with E-state index >= 15 is 0 Å². The normalized spacial score (nSPS) is 11.2. The first kappa shape index (κ1) is 18.2. The third-order valence-corrected chi connectivity index (χ3v) is 4.11. The fraction of sp³-hybridized carbons (Fsp3) is 0.235. The molecule has 0 radical (unpaired) electrons. The molecule has 1 amide bonds. The third kappa shape index (κ3) is 4.04. The lowest BCUT2D eigenvalue weighted by atomic mass is 9.87. The minimum absolute atomic E-state index is 0.00972. The van der Waals surface area contributed by atoms with Crippen molar-refractivity contribution in [2.24, 2.45) is 0 Å². The second-order valence-electron chi connectivity index (χ2n) is 6.32. The van der Waals surface area contributed by atoms with Crippen molar-refractivity contribution in [3.8, 4) is 0 Å². The second-order valence-corrected chi connectivity index (χ2v) is 7.14. The van der Waals surface area contributed by atoms with E-state index in [0.717, 1.165) is 11.6 Å². The molecule has 0 saturated carbocycles. The monoisotopic (exact) mass is 366 g/mol. The van der Waals surface area contributed by atoms with Crippen molar-refractivity contribution >= 4 is 40.5 Å². The first-order chi connectivity index (χ1) is 11.1. The molecule has 0 atom stereocenters. The van der Waals surface area contributed by atoms with Crippen LogP contribution in [0.2, 0.25) is 10.0 Å². The number of benzene rings is 2. The van der Waals surface area contributed by atoms with Gasteiger partial charge in [-0.2, -0.15) is 0 Å². The highest BCUT2D eigenvalue weighted by Gasteiger charge is 2.18. The van der Waals surface area contributed by atoms with Crippen LogP contribution < -0.4 is 5.32 Å². The predicted octanol–water partition coefficient (Wildman–Crippen LogP) is 5.45. The van der Waals surface area contributed by atoms with Crippen molar-refractivity contribution < 1.29 is 9.72 Å². The summed E-state index contributed by atoms with van der Waals surface area (Å²) in [6, 6.07) is 9.60. The maximum absolute atomic E-state index is 12.3. The fourth-order valence-corrected chi connectivity index (χ4v) is 2.53. The summed E-state index contributed by atoms with van der Waals surface area (Å²) in [5, 5.41) is 13.4. The van der Waals surface area contributed by atoms with Crippen LogP contribution in [0.4, 0.5) is 11.4 Å². The number of anilines is 1. The number of nitrogens with zero attached hydrogens (tertiary/aromatic N) is 1. The second kappa shape index (κ2) is 6.79. The number of rotatable bonds is 3. The Morgan fingerprint density at radius 2 is 1.67 bits per heavy atom. The van der Waals surface area contributed by atoms with Crippen LogP contribution in [-0.2, 0) is 5.41 Å². The number of carbonyl (C=O) groups excluding carboxylic acids is 1. The van der Waals surface area contributed by atoms with Crippen LogP contribution in [0.1, 0.15) is 36.7 Å². The van der Waals surface area contributed by atoms with Gasteiger partial charge in [0.2, 0.25) is 0 Å². The minimum Gasteiger partial charge on any atom is -0.321 e. The Morgan fingerprint density at radius 1 is 1.08 bits per heavy atom. The maximum atomic E-state index is 12.3. The lowest BCUT2D eigenvalue weighted by Gasteiger charge is -2.19. The lowest BCUT2D eigenvalue weighted by Crippen LogP contribution is -2.14. The SMILES string of the molecule is CC(C)(C)c1ccc(C(=O)Nc2cc(Cl)c([N+](=O)[O-])cc2Cl)cc1. The standard InChI is InChI=1S/C17H16Cl2N2O3/c1-17(2,3)11-6-4-10(5-7-11)16(22)20-14-8-13(19)15(21(23)24)9-12(14)18/h4-9H,1-3H3,(H,20,22). The van der Waals surface area contributed by atoms with Gasteiger partial charge in [-0.1, -0.05) is 56.1 Å². The Labute approximate surface area is 149 Å². The quantitative estimate of drug-likeness (QED) is 0.579. The van der Waals surface area contributed by atoms with Crippen LogP contribution in [0.25, 0.3) is 0 Å². The molecule has 0 heterocycles. The zero-order valence-corrected chi connectivity index (χ0v) is 14.9. The number of halogens is 2. The average Bonchev–Trinajstić information content (AvgIpc) is 2.49. The molecule has 0 aromatic heterocycles. The summed E-state index contributed by atoms with van der Waals surface area (Å²) in [5.41, 5.74) is 1.46. The number of carbonyl (C=O) groups is 1. The Balaban J connectivity index is 2.24. The number of hydrogen-bond donors (Lipinski definition) is 1. The molecule has 0 unspecified atom stereocenters. The van der Waals surface area contributed by atoms with Gasteiger partial charge in [-0.25, -0.2) is 0 Å². The average molecular weight is 367 g/mol. The van der Waals surface area contributed by atoms with Gasteiger partial charge in [0, 0.05) is 11.6 Å². The summed E-state index contributed by atoms with van der Waals surface area (Å²) in [6.45, 7) is 6.25. The summed E-state index contributed by atoms with van der Waals surface area (Å²) in [5.74, 6) is -0.373. The molecule has 0 fully saturated rings. The number of hydrogen-bond acceptors (Lipinski definition) is 3. The van der Waals surface area contributed by atoms with E-state index in [1.807, 2.05) is 12.1 Å². The Morgan fingerprint density at radius 3 is 2.17 bits per heavy atom. The Kier molecular flexibility index (Phi) is 5.16. The van der Waals surface area contributed by atoms with Gasteiger partial charge in [-0.05, 0) is 29.2 Å². The highest BCUT2D eigenvalue weighted by molar-refractivity contribution is 6.37. The first-order valence-corrected chi connectivity index (χ1v) is 7.90. The molecule has 0 saturated heterocycles. The Bertz CT molecular complexity index is 797. The van der Waals surface area contributed by atoms with E-state index < -0.39 is 4.92 Å². The van der Waals surface area contributed by atoms with Crippen molar-refractivity contribution in [2.45, 2.75) is 26.2 Å². The molecule has 1 N–H and O–H groups in total. The summed E-state index contributed by atoms with van der Waals surface area (Å²) in [4.78, 5) is 22.5. The van der Waals surface area contributed by atoms with Gasteiger partial charge in [0.1, 0.15) is 5.02 Å². The molecule has 0 aliphatic rings. The summed E-state index contributed by atoms with van der Waals surface area (Å²) >= 11 is 11.8. The van der Waals surface area contributed by atoms with Crippen molar-refractivity contribution in [3.63, 3.8) is 0 Å². The molecule has 0 bridgehead atoms. The van der Waals surface area contributed by atoms with Gasteiger partial charge in [-0.15, -0.1) is 0 Å². The van der Waals surface area contributed by atoms with E-state index in [9.17, 15) is 14.9 Å². The summed E-state index contributed by atoms with van der Waals surface area (Å²) in [7, 11) is 0. The number of nitro groups is 1. The van der Waals surface area contributed by atoms with E-state index in [-0.39, 0.29) is 32.7 Å². The van der Waals surface area contributed by atoms with Gasteiger partial charge in [0.05, 0.1) is 15.6 Å². The van der Waals surface area contributed by atoms with E-state index in [4.69, 9.17) is 23.2 Å². The molecular weight excluding hydrogens is 351 g/mol. The Hall–Kier alpha value is -2.11. The van der Waals surface area contributed by atoms with Crippen LogP contribution in [0.5, 0.6) is 0 Å². The van der Waals surface area contributed by atoms with E-state index in [1.165, 1.54) is 6.07 Å². The van der Waals surface area contributed by atoms with Gasteiger partial charge >= 0.3 is 0 Å². The van der Waals surface area contributed by atoms with Gasteiger partial charge in [0.15, 0.2) is 0 Å². The molecule has 0 aliphatic carbocycles. The summed E-state index contributed by atoms with van der Waals surface area (Å²) in [6.07, 6.45) is 0.